The third-order valence-corrected chi connectivity index (χ3v) is 4.00. The van der Waals surface area contributed by atoms with Crippen molar-refractivity contribution in [3.05, 3.63) is 33.7 Å². The van der Waals surface area contributed by atoms with Gasteiger partial charge in [-0.3, -0.25) is 0 Å². The van der Waals surface area contributed by atoms with Gasteiger partial charge in [0.15, 0.2) is 12.2 Å². The van der Waals surface area contributed by atoms with Crippen LogP contribution in [0.4, 0.5) is 5.82 Å². The van der Waals surface area contributed by atoms with E-state index in [9.17, 15) is 0 Å². The normalized spacial score (nSPS) is 7.80. The van der Waals surface area contributed by atoms with Crippen LogP contribution in [0.1, 0.15) is 24.8 Å². The van der Waals surface area contributed by atoms with Gasteiger partial charge in [-0.25, -0.2) is 9.97 Å². The Kier molecular flexibility index (Phi) is 32.1. The van der Waals surface area contributed by atoms with Gasteiger partial charge in [-0.1, -0.05) is 11.3 Å². The van der Waals surface area contributed by atoms with E-state index in [4.69, 9.17) is 10.8 Å². The number of nitrogens with zero attached hydrogens (tertiary/aromatic N) is 3. The minimum Gasteiger partial charge on any atom is -1.00 e. The van der Waals surface area contributed by atoms with E-state index in [1.165, 1.54) is 4.88 Å². The van der Waals surface area contributed by atoms with Crippen molar-refractivity contribution < 1.29 is 115 Å². The fraction of sp³-hybridized carbons (Fsp3) is 0.417. The van der Waals surface area contributed by atoms with Crippen LogP contribution < -0.4 is 69.4 Å². The molecule has 0 spiro atoms. The average molecular weight is 481 g/mol. The second kappa shape index (κ2) is 19.8. The minimum atomic E-state index is 0. The van der Waals surface area contributed by atoms with Crippen LogP contribution in [0.15, 0.2) is 11.7 Å². The topological polar surface area (TPSA) is 202 Å². The maximum atomic E-state index is 8.98. The molecule has 0 aliphatic rings. The maximum Gasteiger partial charge on any atom is 1.00 e. The fourth-order valence-corrected chi connectivity index (χ4v) is 2.75. The summed E-state index contributed by atoms with van der Waals surface area (Å²) < 4.78 is 2.11. The van der Waals surface area contributed by atoms with Gasteiger partial charge in [0.2, 0.25) is 5.51 Å². The number of aromatic nitrogens is 3. The second-order valence-corrected chi connectivity index (χ2v) is 5.10. The number of aryl methyl sites for hydroxylation is 1. The van der Waals surface area contributed by atoms with Crippen molar-refractivity contribution in [1.82, 2.24) is 9.97 Å². The van der Waals surface area contributed by atoms with Crippen molar-refractivity contribution in [2.45, 2.75) is 26.8 Å². The zero-order chi connectivity index (χ0) is 13.1. The Bertz CT molecular complexity index is 591. The molecule has 0 unspecified atom stereocenters. The number of nitrogens with two attached hydrogens (primary N) is 1. The van der Waals surface area contributed by atoms with Gasteiger partial charge < -0.3 is 35.6 Å². The molecule has 0 amide bonds. The number of hydrogen-bond donors (Lipinski definition) is 2. The molecule has 0 aliphatic carbocycles. The SMILES string of the molecule is Cc1ncc(C[n+]2csc(CCO)c2C)c(N)n1.O.O.O.O.[H-].[H-].[Mo].[Na+].[Na+]. The molecule has 0 saturated carbocycles. The zero-order valence-electron chi connectivity index (χ0n) is 17.0. The summed E-state index contributed by atoms with van der Waals surface area (Å²) in [5.41, 5.74) is 10.0. The van der Waals surface area contributed by atoms with Gasteiger partial charge in [-0.05, 0) is 6.92 Å². The van der Waals surface area contributed by atoms with Crippen LogP contribution in [-0.2, 0) is 34.0 Å². The Labute approximate surface area is 212 Å². The molecule has 2 heterocycles. The third kappa shape index (κ3) is 11.4. The van der Waals surface area contributed by atoms with Crippen LogP contribution in [0, 0.1) is 13.8 Å². The van der Waals surface area contributed by atoms with Crippen molar-refractivity contribution in [3.63, 3.8) is 0 Å². The van der Waals surface area contributed by atoms with Crippen molar-refractivity contribution in [2.24, 2.45) is 0 Å². The van der Waals surface area contributed by atoms with Gasteiger partial charge in [0.25, 0.3) is 0 Å². The number of aliphatic hydroxyl groups is 1. The molecule has 2 aromatic rings. The molecule has 25 heavy (non-hydrogen) atoms. The Hall–Kier alpha value is 0.998. The molecule has 2 aromatic heterocycles. The molecular formula is C12H27MoN4Na2O5S+. The second-order valence-electron chi connectivity index (χ2n) is 4.16. The summed E-state index contributed by atoms with van der Waals surface area (Å²) in [7, 11) is 0. The Morgan fingerprint density at radius 3 is 2.24 bits per heavy atom. The molecule has 11 N–H and O–H groups in total. The van der Waals surface area contributed by atoms with E-state index in [2.05, 4.69) is 14.5 Å². The van der Waals surface area contributed by atoms with Crippen molar-refractivity contribution in [1.29, 1.82) is 0 Å². The van der Waals surface area contributed by atoms with Gasteiger partial charge >= 0.3 is 59.1 Å². The van der Waals surface area contributed by atoms with E-state index in [1.807, 2.05) is 19.4 Å². The number of hydrogen-bond acceptors (Lipinski definition) is 5. The first kappa shape index (κ1) is 40.6. The summed E-state index contributed by atoms with van der Waals surface area (Å²) in [6, 6.07) is 0. The summed E-state index contributed by atoms with van der Waals surface area (Å²) in [5.74, 6) is 1.22. The number of rotatable bonds is 4. The van der Waals surface area contributed by atoms with Crippen molar-refractivity contribution in [2.75, 3.05) is 12.3 Å². The monoisotopic (exact) mass is 483 g/mol. The van der Waals surface area contributed by atoms with Gasteiger partial charge in [0.1, 0.15) is 11.6 Å². The molecule has 0 bridgehead atoms. The first-order valence-electron chi connectivity index (χ1n) is 5.77. The molecule has 9 nitrogen and oxygen atoms in total. The molecule has 0 radical (unpaired) electrons. The standard InChI is InChI=1S/C12H17N4OS.Mo.2Na.4H2O.2H/c1-8-11(3-4-17)18-7-16(8)6-10-5-14-9(2)15-12(10)13;;;;;;;;;/h5,7,17H,3-4,6H2,1-2H3,(H2,13,14,15);;;;4*1H2;;/q+1;;2*+1;;;;;2*-1. The molecule has 0 aliphatic heterocycles. The number of nitrogen functional groups attached to an aromatic ring is 1. The fourth-order valence-electron chi connectivity index (χ4n) is 1.77. The molecule has 0 saturated heterocycles. The largest absolute Gasteiger partial charge is 1.00 e. The quantitative estimate of drug-likeness (QED) is 0.323. The van der Waals surface area contributed by atoms with E-state index in [-0.39, 0.29) is 112 Å². The van der Waals surface area contributed by atoms with Gasteiger partial charge in [0, 0.05) is 47.2 Å². The van der Waals surface area contributed by atoms with Crippen LogP contribution in [0.25, 0.3) is 0 Å². The van der Waals surface area contributed by atoms with Crippen LogP contribution >= 0.6 is 11.3 Å². The van der Waals surface area contributed by atoms with Crippen LogP contribution in [0.5, 0.6) is 0 Å². The predicted molar refractivity (Wildman–Crippen MR) is 87.0 cm³/mol. The first-order valence-corrected chi connectivity index (χ1v) is 6.65. The van der Waals surface area contributed by atoms with E-state index >= 15 is 0 Å². The molecule has 13 heteroatoms. The first-order chi connectivity index (χ1) is 8.61. The molecule has 138 valence electrons. The average Bonchev–Trinajstić information content (AvgIpc) is 2.66. The summed E-state index contributed by atoms with van der Waals surface area (Å²) in [5, 5.41) is 8.98. The number of aliphatic hydroxyl groups excluding tert-OH is 1. The Morgan fingerprint density at radius 2 is 1.76 bits per heavy atom. The summed E-state index contributed by atoms with van der Waals surface area (Å²) in [4.78, 5) is 9.53. The molecule has 0 atom stereocenters. The van der Waals surface area contributed by atoms with Crippen LogP contribution in [0.2, 0.25) is 0 Å². The van der Waals surface area contributed by atoms with E-state index < -0.39 is 0 Å². The smallest absolute Gasteiger partial charge is 1.00 e. The van der Waals surface area contributed by atoms with Crippen molar-refractivity contribution in [3.8, 4) is 0 Å². The molecular weight excluding hydrogens is 454 g/mol. The Morgan fingerprint density at radius 1 is 1.20 bits per heavy atom. The number of thiazole rings is 1. The zero-order valence-corrected chi connectivity index (χ0v) is 21.8. The summed E-state index contributed by atoms with van der Waals surface area (Å²) in [6.07, 6.45) is 2.47. The predicted octanol–water partition coefficient (Wildman–Crippen LogP) is -8.46. The van der Waals surface area contributed by atoms with Gasteiger partial charge in [0.05, 0.1) is 10.4 Å². The molecule has 2 rings (SSSR count). The molecule has 0 fully saturated rings. The summed E-state index contributed by atoms with van der Waals surface area (Å²) in [6.45, 7) is 4.71. The van der Waals surface area contributed by atoms with Gasteiger partial charge in [-0.15, -0.1) is 0 Å². The van der Waals surface area contributed by atoms with Crippen LogP contribution in [-0.4, -0.2) is 43.6 Å². The third-order valence-electron chi connectivity index (χ3n) is 2.85. The van der Waals surface area contributed by atoms with Crippen molar-refractivity contribution >= 4 is 17.2 Å². The summed E-state index contributed by atoms with van der Waals surface area (Å²) >= 11 is 1.65. The van der Waals surface area contributed by atoms with E-state index in [0.717, 1.165) is 11.3 Å². The van der Waals surface area contributed by atoms with Crippen LogP contribution in [0.3, 0.4) is 0 Å². The number of anilines is 1. The Balaban J connectivity index is -0.0000000669. The minimum absolute atomic E-state index is 0. The van der Waals surface area contributed by atoms with E-state index in [1.54, 1.807) is 17.5 Å². The molecule has 0 aromatic carbocycles. The maximum absolute atomic E-state index is 8.98. The van der Waals surface area contributed by atoms with Gasteiger partial charge in [-0.2, -0.15) is 4.57 Å². The van der Waals surface area contributed by atoms with E-state index in [0.29, 0.717) is 24.6 Å².